The van der Waals surface area contributed by atoms with Gasteiger partial charge in [-0.1, -0.05) is 12.1 Å². The van der Waals surface area contributed by atoms with Crippen LogP contribution in [0, 0.1) is 17.0 Å². The number of benzene rings is 1. The molecule has 1 heterocycles. The van der Waals surface area contributed by atoms with Crippen molar-refractivity contribution in [2.24, 2.45) is 0 Å². The van der Waals surface area contributed by atoms with Crippen molar-refractivity contribution in [1.29, 1.82) is 0 Å². The SMILES string of the molecule is Cc1cccc([N+](=O)[O-])c1N1CCN[C@@H](C)C1. The molecule has 92 valence electrons. The molecule has 0 saturated carbocycles. The summed E-state index contributed by atoms with van der Waals surface area (Å²) in [7, 11) is 0. The van der Waals surface area contributed by atoms with Crippen LogP contribution in [0.2, 0.25) is 0 Å². The average molecular weight is 235 g/mol. The summed E-state index contributed by atoms with van der Waals surface area (Å²) in [5.41, 5.74) is 1.94. The third-order valence-electron chi connectivity index (χ3n) is 3.10. The Hall–Kier alpha value is -1.62. The number of rotatable bonds is 2. The van der Waals surface area contributed by atoms with Gasteiger partial charge in [0.25, 0.3) is 5.69 Å². The number of anilines is 1. The Morgan fingerprint density at radius 3 is 2.94 bits per heavy atom. The lowest BCUT2D eigenvalue weighted by Gasteiger charge is -2.34. The Morgan fingerprint density at radius 2 is 2.29 bits per heavy atom. The average Bonchev–Trinajstić information content (AvgIpc) is 2.28. The van der Waals surface area contributed by atoms with Crippen molar-refractivity contribution in [2.45, 2.75) is 19.9 Å². The van der Waals surface area contributed by atoms with Gasteiger partial charge in [-0.25, -0.2) is 0 Å². The molecule has 1 saturated heterocycles. The molecule has 0 amide bonds. The van der Waals surface area contributed by atoms with Crippen LogP contribution in [0.15, 0.2) is 18.2 Å². The Bertz CT molecular complexity index is 434. The Morgan fingerprint density at radius 1 is 1.53 bits per heavy atom. The first-order valence-corrected chi connectivity index (χ1v) is 5.82. The maximum absolute atomic E-state index is 11.1. The van der Waals surface area contributed by atoms with Crippen LogP contribution in [0.4, 0.5) is 11.4 Å². The zero-order chi connectivity index (χ0) is 12.4. The highest BCUT2D eigenvalue weighted by molar-refractivity contribution is 5.68. The van der Waals surface area contributed by atoms with Gasteiger partial charge in [-0.3, -0.25) is 10.1 Å². The van der Waals surface area contributed by atoms with E-state index in [1.54, 1.807) is 12.1 Å². The number of aryl methyl sites for hydroxylation is 1. The molecule has 0 radical (unpaired) electrons. The van der Waals surface area contributed by atoms with Crippen LogP contribution >= 0.6 is 0 Å². The number of nitrogens with zero attached hydrogens (tertiary/aromatic N) is 2. The molecule has 0 aliphatic carbocycles. The molecular weight excluding hydrogens is 218 g/mol. The van der Waals surface area contributed by atoms with Gasteiger partial charge >= 0.3 is 0 Å². The highest BCUT2D eigenvalue weighted by Crippen LogP contribution is 2.32. The number of piperazine rings is 1. The van der Waals surface area contributed by atoms with Gasteiger partial charge in [0.15, 0.2) is 0 Å². The van der Waals surface area contributed by atoms with Crippen LogP contribution in [-0.4, -0.2) is 30.6 Å². The summed E-state index contributed by atoms with van der Waals surface area (Å²) in [6.45, 7) is 6.51. The molecule has 5 nitrogen and oxygen atoms in total. The Labute approximate surface area is 101 Å². The van der Waals surface area contributed by atoms with Crippen molar-refractivity contribution in [3.8, 4) is 0 Å². The smallest absolute Gasteiger partial charge is 0.292 e. The van der Waals surface area contributed by atoms with Crippen molar-refractivity contribution >= 4 is 11.4 Å². The number of nitrogens with one attached hydrogen (secondary N) is 1. The number of para-hydroxylation sites is 1. The van der Waals surface area contributed by atoms with Gasteiger partial charge in [-0.05, 0) is 19.4 Å². The van der Waals surface area contributed by atoms with E-state index in [1.165, 1.54) is 0 Å². The first-order chi connectivity index (χ1) is 8.09. The van der Waals surface area contributed by atoms with E-state index in [9.17, 15) is 10.1 Å². The number of hydrogen-bond acceptors (Lipinski definition) is 4. The van der Waals surface area contributed by atoms with E-state index in [1.807, 2.05) is 13.0 Å². The highest BCUT2D eigenvalue weighted by Gasteiger charge is 2.24. The van der Waals surface area contributed by atoms with Gasteiger partial charge < -0.3 is 10.2 Å². The van der Waals surface area contributed by atoms with Crippen molar-refractivity contribution in [1.82, 2.24) is 5.32 Å². The molecule has 0 aromatic heterocycles. The summed E-state index contributed by atoms with van der Waals surface area (Å²) in [6.07, 6.45) is 0. The molecule has 1 aromatic carbocycles. The Balaban J connectivity index is 2.39. The second-order valence-corrected chi connectivity index (χ2v) is 4.50. The van der Waals surface area contributed by atoms with Crippen LogP contribution in [0.25, 0.3) is 0 Å². The number of hydrogen-bond donors (Lipinski definition) is 1. The van der Waals surface area contributed by atoms with Gasteiger partial charge in [0, 0.05) is 31.7 Å². The summed E-state index contributed by atoms with van der Waals surface area (Å²) in [6, 6.07) is 5.61. The number of nitro groups is 1. The zero-order valence-corrected chi connectivity index (χ0v) is 10.1. The minimum atomic E-state index is -0.297. The van der Waals surface area contributed by atoms with E-state index in [4.69, 9.17) is 0 Å². The molecule has 1 aromatic rings. The largest absolute Gasteiger partial charge is 0.363 e. The summed E-state index contributed by atoms with van der Waals surface area (Å²) < 4.78 is 0. The zero-order valence-electron chi connectivity index (χ0n) is 10.1. The van der Waals surface area contributed by atoms with Gasteiger partial charge in [-0.15, -0.1) is 0 Å². The first kappa shape index (κ1) is 11.9. The van der Waals surface area contributed by atoms with Crippen LogP contribution in [0.5, 0.6) is 0 Å². The third-order valence-corrected chi connectivity index (χ3v) is 3.10. The van der Waals surface area contributed by atoms with E-state index >= 15 is 0 Å². The fraction of sp³-hybridized carbons (Fsp3) is 0.500. The summed E-state index contributed by atoms with van der Waals surface area (Å²) in [4.78, 5) is 12.9. The molecule has 1 aliphatic heterocycles. The molecule has 1 atom stereocenters. The fourth-order valence-electron chi connectivity index (χ4n) is 2.34. The maximum Gasteiger partial charge on any atom is 0.292 e. The molecule has 17 heavy (non-hydrogen) atoms. The molecule has 1 fully saturated rings. The summed E-state index contributed by atoms with van der Waals surface area (Å²) >= 11 is 0. The third kappa shape index (κ3) is 2.39. The van der Waals surface area contributed by atoms with E-state index in [-0.39, 0.29) is 10.6 Å². The summed E-state index contributed by atoms with van der Waals surface area (Å²) in [5, 5.41) is 14.4. The highest BCUT2D eigenvalue weighted by atomic mass is 16.6. The van der Waals surface area contributed by atoms with E-state index in [2.05, 4.69) is 17.1 Å². The van der Waals surface area contributed by atoms with E-state index < -0.39 is 0 Å². The topological polar surface area (TPSA) is 58.4 Å². The maximum atomic E-state index is 11.1. The fourth-order valence-corrected chi connectivity index (χ4v) is 2.34. The van der Waals surface area contributed by atoms with Crippen LogP contribution < -0.4 is 10.2 Å². The van der Waals surface area contributed by atoms with Gasteiger partial charge in [0.1, 0.15) is 5.69 Å². The molecule has 0 spiro atoms. The second-order valence-electron chi connectivity index (χ2n) is 4.50. The monoisotopic (exact) mass is 235 g/mol. The van der Waals surface area contributed by atoms with Crippen LogP contribution in [0.3, 0.4) is 0 Å². The predicted molar refractivity (Wildman–Crippen MR) is 67.5 cm³/mol. The standard InChI is InChI=1S/C12H17N3O2/c1-9-4-3-5-11(15(16)17)12(9)14-7-6-13-10(2)8-14/h3-5,10,13H,6-8H2,1-2H3/t10-/m0/s1. The lowest BCUT2D eigenvalue weighted by atomic mass is 10.1. The van der Waals surface area contributed by atoms with Crippen molar-refractivity contribution < 1.29 is 4.92 Å². The predicted octanol–water partition coefficient (Wildman–Crippen LogP) is 1.70. The minimum absolute atomic E-state index is 0.208. The number of nitro benzene ring substituents is 1. The second kappa shape index (κ2) is 4.71. The van der Waals surface area contributed by atoms with E-state index in [0.717, 1.165) is 30.9 Å². The molecule has 0 bridgehead atoms. The van der Waals surface area contributed by atoms with Crippen LogP contribution in [0.1, 0.15) is 12.5 Å². The first-order valence-electron chi connectivity index (χ1n) is 5.82. The van der Waals surface area contributed by atoms with E-state index in [0.29, 0.717) is 6.04 Å². The quantitative estimate of drug-likeness (QED) is 0.626. The molecule has 5 heteroatoms. The minimum Gasteiger partial charge on any atom is -0.363 e. The van der Waals surface area contributed by atoms with Gasteiger partial charge in [0.2, 0.25) is 0 Å². The van der Waals surface area contributed by atoms with Crippen molar-refractivity contribution in [3.63, 3.8) is 0 Å². The molecule has 2 rings (SSSR count). The molecule has 1 N–H and O–H groups in total. The summed E-state index contributed by atoms with van der Waals surface area (Å²) in [5.74, 6) is 0. The molecule has 0 unspecified atom stereocenters. The molecule has 1 aliphatic rings. The lowest BCUT2D eigenvalue weighted by molar-refractivity contribution is -0.384. The van der Waals surface area contributed by atoms with Crippen molar-refractivity contribution in [2.75, 3.05) is 24.5 Å². The molecular formula is C12H17N3O2. The van der Waals surface area contributed by atoms with Gasteiger partial charge in [0.05, 0.1) is 4.92 Å². The van der Waals surface area contributed by atoms with Crippen molar-refractivity contribution in [3.05, 3.63) is 33.9 Å². The van der Waals surface area contributed by atoms with Gasteiger partial charge in [-0.2, -0.15) is 0 Å². The normalized spacial score (nSPS) is 20.4. The van der Waals surface area contributed by atoms with Crippen LogP contribution in [-0.2, 0) is 0 Å². The lowest BCUT2D eigenvalue weighted by Crippen LogP contribution is -2.49. The Kier molecular flexibility index (Phi) is 3.28.